The van der Waals surface area contributed by atoms with Gasteiger partial charge in [-0.3, -0.25) is 4.57 Å². The smallest absolute Gasteiger partial charge is 0.550 e. The molecular weight excluding hydrogens is 349 g/mol. The first-order chi connectivity index (χ1) is 13.2. The molecule has 0 amide bonds. The first-order valence-electron chi connectivity index (χ1n) is 8.41. The van der Waals surface area contributed by atoms with E-state index in [1.54, 1.807) is 31.8 Å². The largest absolute Gasteiger partial charge is 1.00 e. The number of imidazole rings is 1. The Morgan fingerprint density at radius 3 is 2.61 bits per heavy atom. The van der Waals surface area contributed by atoms with Crippen LogP contribution in [0.1, 0.15) is 5.56 Å². The van der Waals surface area contributed by atoms with Gasteiger partial charge in [-0.25, -0.2) is 9.97 Å². The van der Waals surface area contributed by atoms with Gasteiger partial charge in [-0.2, -0.15) is 0 Å². The van der Waals surface area contributed by atoms with E-state index in [1.165, 1.54) is 0 Å². The number of carboxylic acids is 1. The second-order valence-electron chi connectivity index (χ2n) is 6.09. The fourth-order valence-corrected chi connectivity index (χ4v) is 3.10. The van der Waals surface area contributed by atoms with Gasteiger partial charge >= 0.3 is 18.9 Å². The summed E-state index contributed by atoms with van der Waals surface area (Å²) < 4.78 is 7.30. The van der Waals surface area contributed by atoms with E-state index in [0.29, 0.717) is 11.4 Å². The van der Waals surface area contributed by atoms with Gasteiger partial charge in [0.1, 0.15) is 6.33 Å². The van der Waals surface area contributed by atoms with Crippen LogP contribution in [0.15, 0.2) is 67.1 Å². The van der Waals surface area contributed by atoms with Crippen molar-refractivity contribution in [1.82, 2.24) is 14.5 Å². The molecule has 2 heterocycles. The van der Waals surface area contributed by atoms with E-state index in [9.17, 15) is 9.90 Å². The fourth-order valence-electron chi connectivity index (χ4n) is 3.10. The van der Waals surface area contributed by atoms with Crippen LogP contribution in [-0.2, 0) is 11.2 Å². The summed E-state index contributed by atoms with van der Waals surface area (Å²) in [5.41, 5.74) is 5.29. The Morgan fingerprint density at radius 2 is 1.89 bits per heavy atom. The number of nitrogens with zero attached hydrogens (tertiary/aromatic N) is 3. The average Bonchev–Trinajstić information content (AvgIpc) is 3.11. The number of carboxylic acid groups (broad SMARTS) is 1. The molecule has 0 aliphatic rings. The van der Waals surface area contributed by atoms with Crippen LogP contribution in [-0.4, -0.2) is 27.6 Å². The van der Waals surface area contributed by atoms with Crippen molar-refractivity contribution in [1.29, 1.82) is 0 Å². The SMILES string of the molecule is COc1ncccc1-c1ccc2c(c1)ncn2-c1ccc(CC(=O)[O-])cc1.[Li+]. The normalized spacial score (nSPS) is 10.5. The molecule has 0 saturated heterocycles. The molecule has 134 valence electrons. The number of hydrogen-bond acceptors (Lipinski definition) is 5. The number of rotatable bonds is 5. The van der Waals surface area contributed by atoms with Crippen LogP contribution in [0.2, 0.25) is 0 Å². The van der Waals surface area contributed by atoms with E-state index in [0.717, 1.165) is 27.8 Å². The molecule has 28 heavy (non-hydrogen) atoms. The van der Waals surface area contributed by atoms with Crippen LogP contribution in [0.5, 0.6) is 5.88 Å². The van der Waals surface area contributed by atoms with Crippen molar-refractivity contribution >= 4 is 17.0 Å². The second kappa shape index (κ2) is 8.30. The summed E-state index contributed by atoms with van der Waals surface area (Å²) in [6, 6.07) is 17.1. The van der Waals surface area contributed by atoms with Crippen molar-refractivity contribution in [3.8, 4) is 22.7 Å². The molecule has 2 aromatic heterocycles. The van der Waals surface area contributed by atoms with Crippen molar-refractivity contribution in [3.05, 3.63) is 72.7 Å². The number of aliphatic carboxylic acids is 1. The van der Waals surface area contributed by atoms with Gasteiger partial charge in [0, 0.05) is 29.8 Å². The summed E-state index contributed by atoms with van der Waals surface area (Å²) in [4.78, 5) is 19.5. The molecule has 0 aliphatic heterocycles. The molecule has 0 unspecified atom stereocenters. The molecular formula is C21H16LiN3O3. The Kier molecular flexibility index (Phi) is 5.83. The number of carbonyl (C=O) groups is 1. The Labute approximate surface area is 174 Å². The molecule has 2 aromatic carbocycles. The van der Waals surface area contributed by atoms with Crippen molar-refractivity contribution in [3.63, 3.8) is 0 Å². The molecule has 4 aromatic rings. The maximum atomic E-state index is 10.7. The molecule has 4 rings (SSSR count). The average molecular weight is 365 g/mol. The molecule has 7 heteroatoms. The molecule has 6 nitrogen and oxygen atoms in total. The summed E-state index contributed by atoms with van der Waals surface area (Å²) >= 11 is 0. The maximum Gasteiger partial charge on any atom is 1.00 e. The van der Waals surface area contributed by atoms with Crippen LogP contribution in [0.3, 0.4) is 0 Å². The van der Waals surface area contributed by atoms with Crippen molar-refractivity contribution in [2.45, 2.75) is 6.42 Å². The first-order valence-corrected chi connectivity index (χ1v) is 8.41. The van der Waals surface area contributed by atoms with E-state index in [1.807, 2.05) is 47.0 Å². The number of pyridine rings is 1. The third-order valence-corrected chi connectivity index (χ3v) is 4.39. The number of ether oxygens (including phenoxy) is 1. The van der Waals surface area contributed by atoms with E-state index < -0.39 is 5.97 Å². The third kappa shape index (κ3) is 3.79. The number of benzene rings is 2. The van der Waals surface area contributed by atoms with Crippen LogP contribution in [0.25, 0.3) is 27.8 Å². The minimum atomic E-state index is -1.09. The second-order valence-corrected chi connectivity index (χ2v) is 6.09. The van der Waals surface area contributed by atoms with Crippen LogP contribution in [0, 0.1) is 0 Å². The molecule has 0 spiro atoms. The quantitative estimate of drug-likeness (QED) is 0.441. The van der Waals surface area contributed by atoms with Gasteiger partial charge in [-0.05, 0) is 47.5 Å². The number of aromatic nitrogens is 3. The summed E-state index contributed by atoms with van der Waals surface area (Å²) in [5, 5.41) is 10.7. The van der Waals surface area contributed by atoms with Gasteiger partial charge in [0.15, 0.2) is 0 Å². The zero-order valence-corrected chi connectivity index (χ0v) is 15.6. The molecule has 0 bridgehead atoms. The van der Waals surface area contributed by atoms with Gasteiger partial charge in [0.25, 0.3) is 0 Å². The van der Waals surface area contributed by atoms with E-state index in [4.69, 9.17) is 4.74 Å². The predicted molar refractivity (Wildman–Crippen MR) is 99.6 cm³/mol. The number of hydrogen-bond donors (Lipinski definition) is 0. The van der Waals surface area contributed by atoms with Gasteiger partial charge in [-0.15, -0.1) is 0 Å². The van der Waals surface area contributed by atoms with Crippen molar-refractivity contribution < 1.29 is 33.5 Å². The minimum Gasteiger partial charge on any atom is -0.550 e. The van der Waals surface area contributed by atoms with Crippen molar-refractivity contribution in [2.75, 3.05) is 7.11 Å². The number of methoxy groups -OCH3 is 1. The van der Waals surface area contributed by atoms with E-state index in [2.05, 4.69) is 9.97 Å². The van der Waals surface area contributed by atoms with Crippen molar-refractivity contribution in [2.24, 2.45) is 0 Å². The minimum absolute atomic E-state index is 0. The third-order valence-electron chi connectivity index (χ3n) is 4.39. The molecule has 0 fully saturated rings. The molecule has 0 aliphatic carbocycles. The Balaban J connectivity index is 0.00000225. The fraction of sp³-hybridized carbons (Fsp3) is 0.0952. The topological polar surface area (TPSA) is 80.1 Å². The number of fused-ring (bicyclic) bond motifs is 1. The molecule has 0 radical (unpaired) electrons. The number of carbonyl (C=O) groups excluding carboxylic acids is 1. The Bertz CT molecular complexity index is 1120. The summed E-state index contributed by atoms with van der Waals surface area (Å²) in [6.07, 6.45) is 3.35. The Hall–Kier alpha value is -3.07. The van der Waals surface area contributed by atoms with Crippen LogP contribution in [0.4, 0.5) is 0 Å². The zero-order valence-electron chi connectivity index (χ0n) is 15.6. The summed E-state index contributed by atoms with van der Waals surface area (Å²) in [7, 11) is 1.60. The van der Waals surface area contributed by atoms with E-state index in [-0.39, 0.29) is 25.3 Å². The Morgan fingerprint density at radius 1 is 1.11 bits per heavy atom. The summed E-state index contributed by atoms with van der Waals surface area (Å²) in [5.74, 6) is -0.519. The van der Waals surface area contributed by atoms with Gasteiger partial charge in [-0.1, -0.05) is 18.2 Å². The molecule has 0 atom stereocenters. The maximum absolute atomic E-state index is 10.7. The molecule has 0 saturated carbocycles. The predicted octanol–water partition coefficient (Wildman–Crippen LogP) is -0.607. The molecule has 0 N–H and O–H groups in total. The van der Waals surface area contributed by atoms with Gasteiger partial charge in [0.05, 0.1) is 18.1 Å². The van der Waals surface area contributed by atoms with Crippen LogP contribution >= 0.6 is 0 Å². The standard InChI is InChI=1S/C21H17N3O3.Li/c1-27-21-17(3-2-10-22-21)15-6-9-19-18(12-15)23-13-24(19)16-7-4-14(5-8-16)11-20(25)26;/h2-10,12-13H,11H2,1H3,(H,25,26);/q;+1/p-1. The first kappa shape index (κ1) is 19.7. The monoisotopic (exact) mass is 365 g/mol. The zero-order chi connectivity index (χ0) is 18.8. The van der Waals surface area contributed by atoms with Gasteiger partial charge in [0.2, 0.25) is 5.88 Å². The van der Waals surface area contributed by atoms with Gasteiger partial charge < -0.3 is 14.6 Å². The van der Waals surface area contributed by atoms with Crippen LogP contribution < -0.4 is 28.7 Å². The van der Waals surface area contributed by atoms with E-state index >= 15 is 0 Å². The summed E-state index contributed by atoms with van der Waals surface area (Å²) in [6.45, 7) is 0.